The van der Waals surface area contributed by atoms with Gasteiger partial charge in [0.05, 0.1) is 7.11 Å². The van der Waals surface area contributed by atoms with Gasteiger partial charge in [-0.25, -0.2) is 9.59 Å². The molecule has 1 saturated heterocycles. The molecule has 4 rings (SSSR count). The Morgan fingerprint density at radius 1 is 0.729 bits per heavy atom. The summed E-state index contributed by atoms with van der Waals surface area (Å²) in [4.78, 5) is 68.0. The van der Waals surface area contributed by atoms with Crippen molar-refractivity contribution in [1.29, 1.82) is 0 Å². The molecule has 11 heteroatoms. The van der Waals surface area contributed by atoms with Crippen LogP contribution in [0.2, 0.25) is 0 Å². The summed E-state index contributed by atoms with van der Waals surface area (Å²) >= 11 is 0. The molecule has 3 N–H and O–H groups in total. The van der Waals surface area contributed by atoms with Gasteiger partial charge in [-0.3, -0.25) is 19.3 Å². The van der Waals surface area contributed by atoms with Gasteiger partial charge >= 0.3 is 12.1 Å². The molecule has 0 saturated carbocycles. The van der Waals surface area contributed by atoms with Crippen LogP contribution in [0.25, 0.3) is 0 Å². The molecular weight excluding hydrogens is 612 g/mol. The number of ether oxygens (including phenoxy) is 2. The van der Waals surface area contributed by atoms with Crippen LogP contribution in [0.3, 0.4) is 0 Å². The molecule has 48 heavy (non-hydrogen) atoms. The highest BCUT2D eigenvalue weighted by Crippen LogP contribution is 2.20. The lowest BCUT2D eigenvalue weighted by atomic mass is 9.99. The molecule has 0 bridgehead atoms. The Morgan fingerprint density at radius 2 is 1.25 bits per heavy atom. The molecule has 0 aliphatic carbocycles. The van der Waals surface area contributed by atoms with Crippen LogP contribution in [0.15, 0.2) is 91.0 Å². The van der Waals surface area contributed by atoms with Gasteiger partial charge in [0.15, 0.2) is 0 Å². The molecule has 4 atom stereocenters. The molecule has 0 radical (unpaired) electrons. The Balaban J connectivity index is 1.45. The first-order valence-electron chi connectivity index (χ1n) is 16.2. The predicted octanol–water partition coefficient (Wildman–Crippen LogP) is 3.56. The number of rotatable bonds is 14. The van der Waals surface area contributed by atoms with Gasteiger partial charge in [-0.1, -0.05) is 105 Å². The zero-order chi connectivity index (χ0) is 34.5. The maximum Gasteiger partial charge on any atom is 0.410 e. The van der Waals surface area contributed by atoms with Crippen LogP contribution < -0.4 is 16.0 Å². The minimum atomic E-state index is -1.07. The lowest BCUT2D eigenvalue weighted by molar-refractivity contribution is -0.145. The second-order valence-corrected chi connectivity index (χ2v) is 12.1. The Hall–Kier alpha value is -5.19. The number of carbonyl (C=O) groups is 5. The second-order valence-electron chi connectivity index (χ2n) is 12.1. The third-order valence-corrected chi connectivity index (χ3v) is 8.24. The fourth-order valence-electron chi connectivity index (χ4n) is 5.62. The van der Waals surface area contributed by atoms with Crippen LogP contribution in [-0.2, 0) is 48.1 Å². The molecule has 4 amide bonds. The topological polar surface area (TPSA) is 143 Å². The molecule has 1 fully saturated rings. The number of likely N-dealkylation sites (tertiary alicyclic amines) is 1. The van der Waals surface area contributed by atoms with Crippen LogP contribution in [0.1, 0.15) is 43.4 Å². The van der Waals surface area contributed by atoms with E-state index >= 15 is 0 Å². The summed E-state index contributed by atoms with van der Waals surface area (Å²) in [7, 11) is 1.25. The van der Waals surface area contributed by atoms with Crippen molar-refractivity contribution in [2.75, 3.05) is 13.7 Å². The first-order chi connectivity index (χ1) is 23.2. The van der Waals surface area contributed by atoms with Crippen LogP contribution in [0.4, 0.5) is 4.79 Å². The summed E-state index contributed by atoms with van der Waals surface area (Å²) in [5.41, 5.74) is 2.44. The van der Waals surface area contributed by atoms with Crippen molar-refractivity contribution < 1.29 is 33.4 Å². The lowest BCUT2D eigenvalue weighted by Crippen LogP contribution is -2.59. The van der Waals surface area contributed by atoms with E-state index in [1.165, 1.54) is 12.0 Å². The summed E-state index contributed by atoms with van der Waals surface area (Å²) in [5.74, 6) is -2.59. The standard InChI is InChI=1S/C37H44N4O7/c1-25(2)32(40-34(43)31-20-13-21-41(31)37(46)48-24-28-18-11-6-12-19-28)35(44)38-29(22-26-14-7-4-8-15-26)33(42)39-30(36(45)47-3)23-27-16-9-5-10-17-27/h4-12,14-19,25,29-32H,13,20-24H2,1-3H3,(H,38,44)(H,39,42)(H,40,43)/t29-,30-,31-,32-/m0/s1. The van der Waals surface area contributed by atoms with Crippen molar-refractivity contribution in [3.63, 3.8) is 0 Å². The molecule has 0 unspecified atom stereocenters. The van der Waals surface area contributed by atoms with E-state index in [4.69, 9.17) is 9.47 Å². The molecule has 1 aliphatic rings. The Bertz CT molecular complexity index is 1520. The average molecular weight is 657 g/mol. The third-order valence-electron chi connectivity index (χ3n) is 8.24. The Labute approximate surface area is 281 Å². The summed E-state index contributed by atoms with van der Waals surface area (Å²) in [6.45, 7) is 4.00. The number of esters is 1. The van der Waals surface area contributed by atoms with Crippen molar-refractivity contribution in [2.24, 2.45) is 5.92 Å². The largest absolute Gasteiger partial charge is 0.467 e. The van der Waals surface area contributed by atoms with E-state index in [9.17, 15) is 24.0 Å². The second kappa shape index (κ2) is 17.7. The zero-order valence-corrected chi connectivity index (χ0v) is 27.6. The van der Waals surface area contributed by atoms with Crippen LogP contribution in [0, 0.1) is 5.92 Å². The highest BCUT2D eigenvalue weighted by Gasteiger charge is 2.38. The Morgan fingerprint density at radius 3 is 1.79 bits per heavy atom. The molecule has 254 valence electrons. The van der Waals surface area contributed by atoms with E-state index in [2.05, 4.69) is 16.0 Å². The minimum absolute atomic E-state index is 0.0780. The minimum Gasteiger partial charge on any atom is -0.467 e. The SMILES string of the molecule is COC(=O)[C@H](Cc1ccccc1)NC(=O)[C@H](Cc1ccccc1)NC(=O)[C@@H](NC(=O)[C@@H]1CCCN1C(=O)OCc1ccccc1)C(C)C. The average Bonchev–Trinajstić information content (AvgIpc) is 3.60. The molecule has 0 aromatic heterocycles. The number of amides is 4. The van der Waals surface area contributed by atoms with Crippen molar-refractivity contribution >= 4 is 29.8 Å². The quantitative estimate of drug-likeness (QED) is 0.225. The van der Waals surface area contributed by atoms with Gasteiger partial charge in [0, 0.05) is 19.4 Å². The maximum absolute atomic E-state index is 13.8. The molecule has 1 aliphatic heterocycles. The molecular formula is C37H44N4O7. The number of carbonyl (C=O) groups excluding carboxylic acids is 5. The van der Waals surface area contributed by atoms with Gasteiger partial charge < -0.3 is 25.4 Å². The highest BCUT2D eigenvalue weighted by atomic mass is 16.6. The number of hydrogen-bond acceptors (Lipinski definition) is 7. The zero-order valence-electron chi connectivity index (χ0n) is 27.6. The number of hydrogen-bond donors (Lipinski definition) is 3. The van der Waals surface area contributed by atoms with Gasteiger partial charge in [-0.2, -0.15) is 0 Å². The van der Waals surface area contributed by atoms with Gasteiger partial charge in [-0.15, -0.1) is 0 Å². The van der Waals surface area contributed by atoms with Gasteiger partial charge in [-0.05, 0) is 35.4 Å². The van der Waals surface area contributed by atoms with Gasteiger partial charge in [0.1, 0.15) is 30.8 Å². The smallest absolute Gasteiger partial charge is 0.410 e. The van der Waals surface area contributed by atoms with E-state index in [-0.39, 0.29) is 25.4 Å². The summed E-state index contributed by atoms with van der Waals surface area (Å²) in [6.07, 6.45) is 0.772. The van der Waals surface area contributed by atoms with E-state index in [1.807, 2.05) is 91.0 Å². The van der Waals surface area contributed by atoms with E-state index in [0.29, 0.717) is 19.4 Å². The first kappa shape index (κ1) is 35.7. The Kier molecular flexibility index (Phi) is 13.1. The molecule has 3 aromatic rings. The fourth-order valence-corrected chi connectivity index (χ4v) is 5.62. The van der Waals surface area contributed by atoms with Crippen LogP contribution in [0.5, 0.6) is 0 Å². The highest BCUT2D eigenvalue weighted by molar-refractivity contribution is 5.95. The number of benzene rings is 3. The van der Waals surface area contributed by atoms with Crippen molar-refractivity contribution in [3.05, 3.63) is 108 Å². The molecule has 0 spiro atoms. The van der Waals surface area contributed by atoms with E-state index in [0.717, 1.165) is 16.7 Å². The maximum atomic E-state index is 13.8. The molecule has 1 heterocycles. The van der Waals surface area contributed by atoms with E-state index in [1.54, 1.807) is 13.8 Å². The van der Waals surface area contributed by atoms with Gasteiger partial charge in [0.25, 0.3) is 0 Å². The van der Waals surface area contributed by atoms with Crippen molar-refractivity contribution in [1.82, 2.24) is 20.9 Å². The predicted molar refractivity (Wildman–Crippen MR) is 179 cm³/mol. The summed E-state index contributed by atoms with van der Waals surface area (Å²) in [6, 6.07) is 23.8. The first-order valence-corrected chi connectivity index (χ1v) is 16.2. The monoisotopic (exact) mass is 656 g/mol. The summed E-state index contributed by atoms with van der Waals surface area (Å²) < 4.78 is 10.4. The van der Waals surface area contributed by atoms with Gasteiger partial charge in [0.2, 0.25) is 17.7 Å². The molecule has 3 aromatic carbocycles. The van der Waals surface area contributed by atoms with Crippen molar-refractivity contribution in [2.45, 2.75) is 70.3 Å². The third kappa shape index (κ3) is 10.2. The number of nitrogens with one attached hydrogen (secondary N) is 3. The fraction of sp³-hybridized carbons (Fsp3) is 0.378. The van der Waals surface area contributed by atoms with Crippen LogP contribution in [-0.4, -0.2) is 72.5 Å². The molecule has 11 nitrogen and oxygen atoms in total. The number of methoxy groups -OCH3 is 1. The van der Waals surface area contributed by atoms with Crippen LogP contribution >= 0.6 is 0 Å². The normalized spacial score (nSPS) is 15.9. The lowest BCUT2D eigenvalue weighted by Gasteiger charge is -2.29. The van der Waals surface area contributed by atoms with E-state index < -0.39 is 54.0 Å². The summed E-state index contributed by atoms with van der Waals surface area (Å²) in [5, 5.41) is 8.40. The van der Waals surface area contributed by atoms with Crippen molar-refractivity contribution in [3.8, 4) is 0 Å². The number of nitrogens with zero attached hydrogens (tertiary/aromatic N) is 1.